The Labute approximate surface area is 135 Å². The Morgan fingerprint density at radius 1 is 0.957 bits per heavy atom. The topological polar surface area (TPSA) is 66.5 Å². The van der Waals surface area contributed by atoms with Crippen LogP contribution in [-0.2, 0) is 9.84 Å². The van der Waals surface area contributed by atoms with Gasteiger partial charge in [-0.25, -0.2) is 8.42 Å². The Morgan fingerprint density at radius 3 is 2.30 bits per heavy atom. The van der Waals surface area contributed by atoms with E-state index in [1.54, 1.807) is 42.5 Å². The lowest BCUT2D eigenvalue weighted by molar-refractivity contribution is 0.112. The van der Waals surface area contributed by atoms with Crippen LogP contribution in [0.15, 0.2) is 58.3 Å². The molecule has 1 aliphatic rings. The van der Waals surface area contributed by atoms with Crippen molar-refractivity contribution in [2.45, 2.75) is 9.79 Å². The van der Waals surface area contributed by atoms with Crippen LogP contribution >= 0.6 is 0 Å². The minimum atomic E-state index is -3.72. The standard InChI is InChI=1S/C17H18N2O3S/c20-13-15-16(19-11-9-18-10-12-19)7-4-8-17(15)23(21,22)14-5-2-1-3-6-14/h1-8,13,18H,9-12H2. The number of carbonyl (C=O) groups excluding carboxylic acids is 1. The molecule has 23 heavy (non-hydrogen) atoms. The molecular formula is C17H18N2O3S. The maximum atomic E-state index is 12.9. The van der Waals surface area contributed by atoms with E-state index >= 15 is 0 Å². The van der Waals surface area contributed by atoms with Gasteiger partial charge in [0.05, 0.1) is 15.4 Å². The van der Waals surface area contributed by atoms with Crippen molar-refractivity contribution in [1.82, 2.24) is 5.32 Å². The lowest BCUT2D eigenvalue weighted by Gasteiger charge is -2.30. The molecule has 3 rings (SSSR count). The van der Waals surface area contributed by atoms with Gasteiger partial charge in [-0.2, -0.15) is 0 Å². The summed E-state index contributed by atoms with van der Waals surface area (Å²) in [5.74, 6) is 0. The molecule has 1 N–H and O–H groups in total. The van der Waals surface area contributed by atoms with E-state index in [4.69, 9.17) is 0 Å². The smallest absolute Gasteiger partial charge is 0.207 e. The van der Waals surface area contributed by atoms with Crippen LogP contribution in [0.5, 0.6) is 0 Å². The molecule has 5 nitrogen and oxygen atoms in total. The zero-order valence-corrected chi connectivity index (χ0v) is 13.4. The molecule has 0 spiro atoms. The molecule has 0 atom stereocenters. The zero-order valence-electron chi connectivity index (χ0n) is 12.6. The van der Waals surface area contributed by atoms with Gasteiger partial charge in [0.1, 0.15) is 0 Å². The first kappa shape index (κ1) is 15.7. The lowest BCUT2D eigenvalue weighted by Crippen LogP contribution is -2.44. The fourth-order valence-corrected chi connectivity index (χ4v) is 4.26. The Balaban J connectivity index is 2.11. The van der Waals surface area contributed by atoms with Gasteiger partial charge in [0, 0.05) is 31.9 Å². The van der Waals surface area contributed by atoms with Gasteiger partial charge in [-0.1, -0.05) is 24.3 Å². The average molecular weight is 330 g/mol. The summed E-state index contributed by atoms with van der Waals surface area (Å²) in [5, 5.41) is 3.24. The molecule has 0 radical (unpaired) electrons. The molecule has 0 aliphatic carbocycles. The van der Waals surface area contributed by atoms with E-state index in [0.29, 0.717) is 12.0 Å². The van der Waals surface area contributed by atoms with Gasteiger partial charge in [0.15, 0.2) is 6.29 Å². The molecule has 0 bridgehead atoms. The highest BCUT2D eigenvalue weighted by Crippen LogP contribution is 2.30. The van der Waals surface area contributed by atoms with Crippen molar-refractivity contribution in [3.8, 4) is 0 Å². The predicted molar refractivity (Wildman–Crippen MR) is 88.8 cm³/mol. The normalized spacial score (nSPS) is 15.4. The molecule has 0 saturated carbocycles. The summed E-state index contributed by atoms with van der Waals surface area (Å²) >= 11 is 0. The van der Waals surface area contributed by atoms with Crippen molar-refractivity contribution >= 4 is 21.8 Å². The van der Waals surface area contributed by atoms with E-state index in [9.17, 15) is 13.2 Å². The summed E-state index contributed by atoms with van der Waals surface area (Å²) in [6.45, 7) is 3.12. The quantitative estimate of drug-likeness (QED) is 0.865. The van der Waals surface area contributed by atoms with E-state index < -0.39 is 9.84 Å². The minimum absolute atomic E-state index is 0.0646. The first-order chi connectivity index (χ1) is 11.1. The molecule has 2 aromatic carbocycles. The van der Waals surface area contributed by atoms with Crippen LogP contribution in [0.3, 0.4) is 0 Å². The summed E-state index contributed by atoms with van der Waals surface area (Å²) in [6.07, 6.45) is 0.646. The van der Waals surface area contributed by atoms with Gasteiger partial charge in [-0.05, 0) is 24.3 Å². The maximum absolute atomic E-state index is 12.9. The highest BCUT2D eigenvalue weighted by molar-refractivity contribution is 7.91. The second-order valence-electron chi connectivity index (χ2n) is 5.36. The largest absolute Gasteiger partial charge is 0.368 e. The van der Waals surface area contributed by atoms with Crippen molar-refractivity contribution in [2.75, 3.05) is 31.1 Å². The second-order valence-corrected chi connectivity index (χ2v) is 7.28. The summed E-state index contributed by atoms with van der Waals surface area (Å²) in [4.78, 5) is 14.0. The third-order valence-corrected chi connectivity index (χ3v) is 5.79. The number of rotatable bonds is 4. The van der Waals surface area contributed by atoms with Crippen LogP contribution in [0.4, 0.5) is 5.69 Å². The number of hydrogen-bond donors (Lipinski definition) is 1. The highest BCUT2D eigenvalue weighted by atomic mass is 32.2. The summed E-state index contributed by atoms with van der Waals surface area (Å²) in [6, 6.07) is 13.2. The summed E-state index contributed by atoms with van der Waals surface area (Å²) < 4.78 is 25.7. The fourth-order valence-electron chi connectivity index (χ4n) is 2.79. The zero-order chi connectivity index (χ0) is 16.3. The third kappa shape index (κ3) is 3.00. The second kappa shape index (κ2) is 6.52. The summed E-state index contributed by atoms with van der Waals surface area (Å²) in [5.41, 5.74) is 0.914. The minimum Gasteiger partial charge on any atom is -0.368 e. The van der Waals surface area contributed by atoms with Gasteiger partial charge in [0.25, 0.3) is 0 Å². The Morgan fingerprint density at radius 2 is 1.65 bits per heavy atom. The van der Waals surface area contributed by atoms with E-state index in [1.165, 1.54) is 6.07 Å². The number of piperazine rings is 1. The molecule has 0 amide bonds. The van der Waals surface area contributed by atoms with E-state index in [0.717, 1.165) is 26.2 Å². The molecule has 2 aromatic rings. The third-order valence-electron chi connectivity index (χ3n) is 3.96. The van der Waals surface area contributed by atoms with E-state index in [1.807, 2.05) is 4.90 Å². The van der Waals surface area contributed by atoms with Gasteiger partial charge in [0.2, 0.25) is 9.84 Å². The van der Waals surface area contributed by atoms with E-state index in [2.05, 4.69) is 5.32 Å². The molecule has 120 valence electrons. The number of carbonyl (C=O) groups is 1. The molecule has 6 heteroatoms. The van der Waals surface area contributed by atoms with Crippen molar-refractivity contribution in [2.24, 2.45) is 0 Å². The van der Waals surface area contributed by atoms with E-state index in [-0.39, 0.29) is 15.4 Å². The highest BCUT2D eigenvalue weighted by Gasteiger charge is 2.25. The van der Waals surface area contributed by atoms with Gasteiger partial charge in [-0.3, -0.25) is 4.79 Å². The Hall–Kier alpha value is -2.18. The van der Waals surface area contributed by atoms with Crippen LogP contribution < -0.4 is 10.2 Å². The van der Waals surface area contributed by atoms with Crippen molar-refractivity contribution < 1.29 is 13.2 Å². The van der Waals surface area contributed by atoms with Crippen LogP contribution in [0.2, 0.25) is 0 Å². The van der Waals surface area contributed by atoms with Gasteiger partial charge >= 0.3 is 0 Å². The first-order valence-corrected chi connectivity index (χ1v) is 8.97. The van der Waals surface area contributed by atoms with Crippen molar-refractivity contribution in [3.63, 3.8) is 0 Å². The molecular weight excluding hydrogens is 312 g/mol. The Bertz CT molecular complexity index is 798. The SMILES string of the molecule is O=Cc1c(N2CCNCC2)cccc1S(=O)(=O)c1ccccc1. The average Bonchev–Trinajstić information content (AvgIpc) is 2.62. The molecule has 0 aromatic heterocycles. The molecule has 1 heterocycles. The number of aldehydes is 1. The number of anilines is 1. The van der Waals surface area contributed by atoms with Crippen LogP contribution in [0, 0.1) is 0 Å². The number of nitrogens with one attached hydrogen (secondary N) is 1. The maximum Gasteiger partial charge on any atom is 0.207 e. The summed E-state index contributed by atoms with van der Waals surface area (Å²) in [7, 11) is -3.72. The number of hydrogen-bond acceptors (Lipinski definition) is 5. The van der Waals surface area contributed by atoms with Crippen LogP contribution in [0.1, 0.15) is 10.4 Å². The Kier molecular flexibility index (Phi) is 4.45. The van der Waals surface area contributed by atoms with Gasteiger partial charge in [-0.15, -0.1) is 0 Å². The number of nitrogens with zero attached hydrogens (tertiary/aromatic N) is 1. The fraction of sp³-hybridized carbons (Fsp3) is 0.235. The van der Waals surface area contributed by atoms with Crippen LogP contribution in [0.25, 0.3) is 0 Å². The monoisotopic (exact) mass is 330 g/mol. The van der Waals surface area contributed by atoms with Crippen molar-refractivity contribution in [3.05, 3.63) is 54.1 Å². The predicted octanol–water partition coefficient (Wildman–Crippen LogP) is 1.74. The molecule has 1 aliphatic heterocycles. The molecule has 1 saturated heterocycles. The number of sulfone groups is 1. The molecule has 1 fully saturated rings. The molecule has 0 unspecified atom stereocenters. The first-order valence-electron chi connectivity index (χ1n) is 7.48. The number of benzene rings is 2. The van der Waals surface area contributed by atoms with Crippen molar-refractivity contribution in [1.29, 1.82) is 0 Å². The van der Waals surface area contributed by atoms with Crippen LogP contribution in [-0.4, -0.2) is 40.9 Å². The van der Waals surface area contributed by atoms with Gasteiger partial charge < -0.3 is 10.2 Å². The lowest BCUT2D eigenvalue weighted by atomic mass is 10.1.